The van der Waals surface area contributed by atoms with E-state index in [1.165, 1.54) is 12.1 Å². The highest BCUT2D eigenvalue weighted by molar-refractivity contribution is 7.89. The summed E-state index contributed by atoms with van der Waals surface area (Å²) >= 11 is 5.76. The average molecular weight is 320 g/mol. The maximum absolute atomic E-state index is 12.0. The van der Waals surface area contributed by atoms with Crippen LogP contribution in [0, 0.1) is 5.92 Å². The molecule has 1 unspecified atom stereocenters. The van der Waals surface area contributed by atoms with Crippen molar-refractivity contribution in [2.75, 3.05) is 6.54 Å². The molecule has 1 aromatic rings. The van der Waals surface area contributed by atoms with Crippen molar-refractivity contribution in [2.45, 2.75) is 31.1 Å². The molecule has 0 spiro atoms. The first-order chi connectivity index (χ1) is 9.31. The molecule has 0 aliphatic rings. The van der Waals surface area contributed by atoms with Gasteiger partial charge in [0.2, 0.25) is 10.0 Å². The van der Waals surface area contributed by atoms with E-state index < -0.39 is 16.0 Å². The molecule has 5 nitrogen and oxygen atoms in total. The Morgan fingerprint density at radius 3 is 2.70 bits per heavy atom. The van der Waals surface area contributed by atoms with Crippen LogP contribution in [0.2, 0.25) is 5.02 Å². The minimum Gasteiger partial charge on any atom is -0.481 e. The zero-order valence-corrected chi connectivity index (χ0v) is 12.7. The van der Waals surface area contributed by atoms with Crippen molar-refractivity contribution in [3.05, 3.63) is 29.3 Å². The van der Waals surface area contributed by atoms with Crippen molar-refractivity contribution < 1.29 is 18.3 Å². The van der Waals surface area contributed by atoms with Gasteiger partial charge in [0.15, 0.2) is 0 Å². The predicted octanol–water partition coefficient (Wildman–Crippen LogP) is 2.51. The molecule has 0 aliphatic heterocycles. The third kappa shape index (κ3) is 5.90. The molecule has 0 aromatic heterocycles. The summed E-state index contributed by atoms with van der Waals surface area (Å²) in [4.78, 5) is 10.6. The molecule has 0 saturated heterocycles. The lowest BCUT2D eigenvalue weighted by Gasteiger charge is -2.11. The zero-order valence-electron chi connectivity index (χ0n) is 11.2. The number of sulfonamides is 1. The van der Waals surface area contributed by atoms with Gasteiger partial charge in [-0.05, 0) is 37.0 Å². The lowest BCUT2D eigenvalue weighted by molar-refractivity contribution is -0.137. The highest BCUT2D eigenvalue weighted by atomic mass is 35.5. The van der Waals surface area contributed by atoms with Gasteiger partial charge in [-0.2, -0.15) is 0 Å². The molecule has 0 fully saturated rings. The van der Waals surface area contributed by atoms with Gasteiger partial charge in [-0.3, -0.25) is 4.79 Å². The minimum atomic E-state index is -3.56. The normalized spacial score (nSPS) is 13.1. The average Bonchev–Trinajstić information content (AvgIpc) is 2.36. The molecule has 2 N–H and O–H groups in total. The number of halogens is 1. The van der Waals surface area contributed by atoms with Crippen molar-refractivity contribution in [3.8, 4) is 0 Å². The monoisotopic (exact) mass is 319 g/mol. The SMILES string of the molecule is CC(CCNS(=O)(=O)c1cccc(Cl)c1)CCC(=O)O. The Labute approximate surface area is 124 Å². The van der Waals surface area contributed by atoms with E-state index in [2.05, 4.69) is 4.72 Å². The molecule has 0 heterocycles. The molecule has 112 valence electrons. The number of rotatable bonds is 8. The van der Waals surface area contributed by atoms with Gasteiger partial charge in [-0.15, -0.1) is 0 Å². The molecule has 1 atom stereocenters. The van der Waals surface area contributed by atoms with E-state index in [-0.39, 0.29) is 23.8 Å². The van der Waals surface area contributed by atoms with Gasteiger partial charge >= 0.3 is 5.97 Å². The lowest BCUT2D eigenvalue weighted by atomic mass is 10.0. The number of benzene rings is 1. The number of aliphatic carboxylic acids is 1. The number of hydrogen-bond donors (Lipinski definition) is 2. The maximum atomic E-state index is 12.0. The third-order valence-electron chi connectivity index (χ3n) is 2.89. The first-order valence-electron chi connectivity index (χ1n) is 6.28. The van der Waals surface area contributed by atoms with Crippen LogP contribution in [-0.4, -0.2) is 26.0 Å². The number of nitrogens with one attached hydrogen (secondary N) is 1. The van der Waals surface area contributed by atoms with E-state index in [0.717, 1.165) is 0 Å². The van der Waals surface area contributed by atoms with Crippen LogP contribution in [-0.2, 0) is 14.8 Å². The third-order valence-corrected chi connectivity index (χ3v) is 4.58. The number of carbonyl (C=O) groups is 1. The van der Waals surface area contributed by atoms with Gasteiger partial charge in [0, 0.05) is 18.0 Å². The van der Waals surface area contributed by atoms with Crippen molar-refractivity contribution in [3.63, 3.8) is 0 Å². The summed E-state index contributed by atoms with van der Waals surface area (Å²) in [6.07, 6.45) is 1.23. The Morgan fingerprint density at radius 1 is 1.40 bits per heavy atom. The van der Waals surface area contributed by atoms with Crippen LogP contribution in [0.25, 0.3) is 0 Å². The summed E-state index contributed by atoms with van der Waals surface area (Å²) in [5.41, 5.74) is 0. The topological polar surface area (TPSA) is 83.5 Å². The van der Waals surface area contributed by atoms with Gasteiger partial charge in [-0.1, -0.05) is 24.6 Å². The first kappa shape index (κ1) is 16.9. The summed E-state index contributed by atoms with van der Waals surface area (Å²) in [5, 5.41) is 8.93. The van der Waals surface area contributed by atoms with Crippen LogP contribution in [0.5, 0.6) is 0 Å². The molecular weight excluding hydrogens is 302 g/mol. The van der Waals surface area contributed by atoms with Gasteiger partial charge < -0.3 is 5.11 Å². The molecule has 0 radical (unpaired) electrons. The Kier molecular flexibility index (Phi) is 6.45. The van der Waals surface area contributed by atoms with E-state index >= 15 is 0 Å². The summed E-state index contributed by atoms with van der Waals surface area (Å²) in [6.45, 7) is 2.17. The molecule has 0 amide bonds. The number of carboxylic acids is 1. The highest BCUT2D eigenvalue weighted by Gasteiger charge is 2.14. The van der Waals surface area contributed by atoms with E-state index in [1.54, 1.807) is 12.1 Å². The van der Waals surface area contributed by atoms with Crippen molar-refractivity contribution in [2.24, 2.45) is 5.92 Å². The molecule has 7 heteroatoms. The van der Waals surface area contributed by atoms with Crippen LogP contribution in [0.15, 0.2) is 29.2 Å². The second kappa shape index (κ2) is 7.61. The summed E-state index contributed by atoms with van der Waals surface area (Å²) in [7, 11) is -3.56. The standard InChI is InChI=1S/C13H18ClNO4S/c1-10(5-6-13(16)17)7-8-15-20(18,19)12-4-2-3-11(14)9-12/h2-4,9-10,15H,5-8H2,1H3,(H,16,17). The Morgan fingerprint density at radius 2 is 2.10 bits per heavy atom. The van der Waals surface area contributed by atoms with Crippen LogP contribution < -0.4 is 4.72 Å². The predicted molar refractivity (Wildman–Crippen MR) is 77.3 cm³/mol. The van der Waals surface area contributed by atoms with Crippen molar-refractivity contribution in [1.29, 1.82) is 0 Å². The lowest BCUT2D eigenvalue weighted by Crippen LogP contribution is -2.26. The molecule has 20 heavy (non-hydrogen) atoms. The minimum absolute atomic E-state index is 0.0994. The van der Waals surface area contributed by atoms with Crippen LogP contribution in [0.1, 0.15) is 26.2 Å². The molecule has 0 saturated carbocycles. The maximum Gasteiger partial charge on any atom is 0.303 e. The Hall–Kier alpha value is -1.11. The quantitative estimate of drug-likeness (QED) is 0.771. The largest absolute Gasteiger partial charge is 0.481 e. The van der Waals surface area contributed by atoms with Gasteiger partial charge in [-0.25, -0.2) is 13.1 Å². The van der Waals surface area contributed by atoms with Gasteiger partial charge in [0.25, 0.3) is 0 Å². The van der Waals surface area contributed by atoms with Crippen LogP contribution >= 0.6 is 11.6 Å². The summed E-state index contributed by atoms with van der Waals surface area (Å²) < 4.78 is 26.4. The Bertz CT molecular complexity index is 559. The first-order valence-corrected chi connectivity index (χ1v) is 8.14. The molecule has 1 aromatic carbocycles. The fourth-order valence-corrected chi connectivity index (χ4v) is 3.02. The van der Waals surface area contributed by atoms with Gasteiger partial charge in [0.1, 0.15) is 0 Å². The van der Waals surface area contributed by atoms with E-state index in [0.29, 0.717) is 17.9 Å². The van der Waals surface area contributed by atoms with E-state index in [4.69, 9.17) is 16.7 Å². The van der Waals surface area contributed by atoms with Crippen LogP contribution in [0.4, 0.5) is 0 Å². The number of carboxylic acid groups (broad SMARTS) is 1. The second-order valence-electron chi connectivity index (χ2n) is 4.68. The number of hydrogen-bond acceptors (Lipinski definition) is 3. The van der Waals surface area contributed by atoms with E-state index in [1.807, 2.05) is 6.92 Å². The highest BCUT2D eigenvalue weighted by Crippen LogP contribution is 2.15. The van der Waals surface area contributed by atoms with Crippen molar-refractivity contribution in [1.82, 2.24) is 4.72 Å². The fourth-order valence-electron chi connectivity index (χ4n) is 1.67. The van der Waals surface area contributed by atoms with Gasteiger partial charge in [0.05, 0.1) is 4.90 Å². The molecule has 0 aliphatic carbocycles. The molecule has 0 bridgehead atoms. The molecular formula is C13H18ClNO4S. The smallest absolute Gasteiger partial charge is 0.303 e. The summed E-state index contributed by atoms with van der Waals surface area (Å²) in [6, 6.07) is 6.04. The van der Waals surface area contributed by atoms with E-state index in [9.17, 15) is 13.2 Å². The molecule has 1 rings (SSSR count). The Balaban J connectivity index is 2.46. The zero-order chi connectivity index (χ0) is 15.2. The van der Waals surface area contributed by atoms with Crippen LogP contribution in [0.3, 0.4) is 0 Å². The summed E-state index contributed by atoms with van der Waals surface area (Å²) in [5.74, 6) is -0.690. The fraction of sp³-hybridized carbons (Fsp3) is 0.462. The second-order valence-corrected chi connectivity index (χ2v) is 6.88. The van der Waals surface area contributed by atoms with Crippen molar-refractivity contribution >= 4 is 27.6 Å².